The molecule has 1 unspecified atom stereocenters. The van der Waals surface area contributed by atoms with Gasteiger partial charge in [0.1, 0.15) is 23.2 Å². The van der Waals surface area contributed by atoms with Crippen LogP contribution in [0.2, 0.25) is 0 Å². The Morgan fingerprint density at radius 2 is 1.21 bits per heavy atom. The number of fused-ring (bicyclic) bond motifs is 10. The average Bonchev–Trinajstić information content (AvgIpc) is 3.83. The first-order valence-corrected chi connectivity index (χ1v) is 19.7. The summed E-state index contributed by atoms with van der Waals surface area (Å²) in [6, 6.07) is 62.7. The van der Waals surface area contributed by atoms with Gasteiger partial charge in [-0.3, -0.25) is 0 Å². The van der Waals surface area contributed by atoms with E-state index >= 15 is 0 Å². The SMILES string of the molecule is c1ccc(C2=NC(c3cccc4oc5cc(-c6cccc7sc8cc9ccccc9cc8c67)ccc5c34)=NC(c3ccc4ccc5ccccc5c4c3)N2)cc1. The van der Waals surface area contributed by atoms with Crippen LogP contribution < -0.4 is 5.32 Å². The minimum absolute atomic E-state index is 0.348. The maximum atomic E-state index is 6.68. The van der Waals surface area contributed by atoms with Gasteiger partial charge in [0.05, 0.1) is 0 Å². The molecule has 262 valence electrons. The Morgan fingerprint density at radius 3 is 2.11 bits per heavy atom. The Balaban J connectivity index is 1.02. The normalized spacial score (nSPS) is 14.6. The van der Waals surface area contributed by atoms with Gasteiger partial charge in [0.25, 0.3) is 0 Å². The Labute approximate surface area is 325 Å². The molecule has 12 rings (SSSR count). The average molecular weight is 734 g/mol. The molecule has 11 aromatic rings. The minimum Gasteiger partial charge on any atom is -0.456 e. The van der Waals surface area contributed by atoms with Crippen molar-refractivity contribution in [3.05, 3.63) is 193 Å². The minimum atomic E-state index is -0.348. The van der Waals surface area contributed by atoms with E-state index in [9.17, 15) is 0 Å². The lowest BCUT2D eigenvalue weighted by molar-refractivity contribution is 0.668. The molecule has 1 aliphatic rings. The van der Waals surface area contributed by atoms with Crippen LogP contribution in [-0.2, 0) is 0 Å². The monoisotopic (exact) mass is 733 g/mol. The van der Waals surface area contributed by atoms with Gasteiger partial charge in [-0.05, 0) is 91.5 Å². The summed E-state index contributed by atoms with van der Waals surface area (Å²) in [5.41, 5.74) is 7.01. The molecule has 0 bridgehead atoms. The highest BCUT2D eigenvalue weighted by atomic mass is 32.1. The van der Waals surface area contributed by atoms with E-state index in [2.05, 4.69) is 151 Å². The molecule has 0 radical (unpaired) electrons. The highest BCUT2D eigenvalue weighted by Gasteiger charge is 2.24. The second-order valence-electron chi connectivity index (χ2n) is 14.6. The van der Waals surface area contributed by atoms with E-state index in [0.29, 0.717) is 5.84 Å². The fourth-order valence-electron chi connectivity index (χ4n) is 8.60. The number of rotatable bonds is 4. The molecule has 2 aromatic heterocycles. The van der Waals surface area contributed by atoms with Crippen molar-refractivity contribution in [1.82, 2.24) is 5.32 Å². The van der Waals surface area contributed by atoms with Crippen LogP contribution in [0.25, 0.3) is 85.6 Å². The Morgan fingerprint density at radius 1 is 0.464 bits per heavy atom. The van der Waals surface area contributed by atoms with Gasteiger partial charge in [-0.2, -0.15) is 0 Å². The molecular formula is C51H31N3OS. The Hall–Kier alpha value is -7.08. The van der Waals surface area contributed by atoms with Crippen molar-refractivity contribution in [2.45, 2.75) is 6.17 Å². The molecule has 3 heterocycles. The highest BCUT2D eigenvalue weighted by Crippen LogP contribution is 2.43. The van der Waals surface area contributed by atoms with Gasteiger partial charge in [-0.1, -0.05) is 133 Å². The van der Waals surface area contributed by atoms with Crippen molar-refractivity contribution in [2.75, 3.05) is 0 Å². The van der Waals surface area contributed by atoms with Crippen molar-refractivity contribution in [3.8, 4) is 11.1 Å². The topological polar surface area (TPSA) is 49.9 Å². The third-order valence-corrected chi connectivity index (χ3v) is 12.4. The lowest BCUT2D eigenvalue weighted by Gasteiger charge is -2.24. The fraction of sp³-hybridized carbons (Fsp3) is 0.0196. The number of amidine groups is 2. The van der Waals surface area contributed by atoms with Crippen molar-refractivity contribution in [3.63, 3.8) is 0 Å². The van der Waals surface area contributed by atoms with E-state index in [1.165, 1.54) is 58.1 Å². The molecule has 56 heavy (non-hydrogen) atoms. The van der Waals surface area contributed by atoms with Gasteiger partial charge >= 0.3 is 0 Å². The zero-order chi connectivity index (χ0) is 36.7. The van der Waals surface area contributed by atoms with E-state index in [1.807, 2.05) is 41.7 Å². The van der Waals surface area contributed by atoms with Crippen LogP contribution in [-0.4, -0.2) is 11.7 Å². The second-order valence-corrected chi connectivity index (χ2v) is 15.6. The molecule has 1 N–H and O–H groups in total. The number of benzene rings is 9. The van der Waals surface area contributed by atoms with Gasteiger partial charge in [-0.25, -0.2) is 9.98 Å². The highest BCUT2D eigenvalue weighted by molar-refractivity contribution is 7.26. The standard InChI is InChI=1S/C51H31N3OS/c1-2-11-32(12-3-1)49-52-50(36-23-22-31-21-20-30-10-6-7-15-37(30)41(31)27-36)54-51(53-49)40-17-8-18-43-47(40)39-25-24-35(28-44(39)55-43)38-16-9-19-45-48(38)42-26-33-13-4-5-14-34(33)29-46(42)56-45/h1-29,50H,(H,52,53,54). The molecule has 0 fully saturated rings. The first-order valence-electron chi connectivity index (χ1n) is 18.9. The maximum absolute atomic E-state index is 6.68. The second kappa shape index (κ2) is 12.2. The van der Waals surface area contributed by atoms with E-state index in [-0.39, 0.29) is 6.17 Å². The zero-order valence-electron chi connectivity index (χ0n) is 30.0. The van der Waals surface area contributed by atoms with Crippen molar-refractivity contribution in [1.29, 1.82) is 0 Å². The number of thiophene rings is 1. The van der Waals surface area contributed by atoms with Gasteiger partial charge in [0, 0.05) is 42.1 Å². The molecule has 5 heteroatoms. The number of nitrogens with zero attached hydrogens (tertiary/aromatic N) is 2. The number of furan rings is 1. The fourth-order valence-corrected chi connectivity index (χ4v) is 9.77. The Kier molecular flexibility index (Phi) is 6.83. The third kappa shape index (κ3) is 4.91. The predicted octanol–water partition coefficient (Wildman–Crippen LogP) is 13.6. The molecular weight excluding hydrogens is 703 g/mol. The van der Waals surface area contributed by atoms with Crippen molar-refractivity contribution in [2.24, 2.45) is 9.98 Å². The van der Waals surface area contributed by atoms with Crippen molar-refractivity contribution >= 4 is 97.4 Å². The number of hydrogen-bond acceptors (Lipinski definition) is 5. The summed E-state index contributed by atoms with van der Waals surface area (Å²) < 4.78 is 9.26. The van der Waals surface area contributed by atoms with Gasteiger partial charge in [0.2, 0.25) is 0 Å². The first-order chi connectivity index (χ1) is 27.7. The van der Waals surface area contributed by atoms with E-state index in [1.54, 1.807) is 0 Å². The number of aliphatic imine (C=N–C) groups is 2. The summed E-state index contributed by atoms with van der Waals surface area (Å²) in [7, 11) is 0. The summed E-state index contributed by atoms with van der Waals surface area (Å²) >= 11 is 1.85. The number of hydrogen-bond donors (Lipinski definition) is 1. The smallest absolute Gasteiger partial charge is 0.160 e. The van der Waals surface area contributed by atoms with Crippen molar-refractivity contribution < 1.29 is 4.42 Å². The van der Waals surface area contributed by atoms with Crippen LogP contribution in [0.15, 0.2) is 190 Å². The first kappa shape index (κ1) is 31.3. The molecule has 0 amide bonds. The number of nitrogens with one attached hydrogen (secondary N) is 1. The molecule has 0 aliphatic carbocycles. The summed E-state index contributed by atoms with van der Waals surface area (Å²) in [5, 5.41) is 15.7. The van der Waals surface area contributed by atoms with E-state index in [4.69, 9.17) is 14.4 Å². The molecule has 1 aliphatic heterocycles. The van der Waals surface area contributed by atoms with E-state index in [0.717, 1.165) is 50.0 Å². The van der Waals surface area contributed by atoms with Gasteiger partial charge < -0.3 is 9.73 Å². The van der Waals surface area contributed by atoms with Gasteiger partial charge in [-0.15, -0.1) is 11.3 Å². The molecule has 0 saturated carbocycles. The van der Waals surface area contributed by atoms with Crippen LogP contribution in [0.3, 0.4) is 0 Å². The maximum Gasteiger partial charge on any atom is 0.160 e. The summed E-state index contributed by atoms with van der Waals surface area (Å²) in [6.07, 6.45) is -0.348. The lowest BCUT2D eigenvalue weighted by atomic mass is 9.97. The van der Waals surface area contributed by atoms with E-state index < -0.39 is 0 Å². The summed E-state index contributed by atoms with van der Waals surface area (Å²) in [4.78, 5) is 10.5. The third-order valence-electron chi connectivity index (χ3n) is 11.3. The molecule has 1 atom stereocenters. The van der Waals surface area contributed by atoms with Gasteiger partial charge in [0.15, 0.2) is 5.84 Å². The predicted molar refractivity (Wildman–Crippen MR) is 236 cm³/mol. The zero-order valence-corrected chi connectivity index (χ0v) is 30.8. The van der Waals surface area contributed by atoms with Crippen LogP contribution in [0.5, 0.6) is 0 Å². The molecule has 9 aromatic carbocycles. The summed E-state index contributed by atoms with van der Waals surface area (Å²) in [5.74, 6) is 1.46. The van der Waals surface area contributed by atoms with Crippen LogP contribution >= 0.6 is 11.3 Å². The quantitative estimate of drug-likeness (QED) is 0.183. The molecule has 0 spiro atoms. The molecule has 0 saturated heterocycles. The Bertz CT molecular complexity index is 3460. The largest absolute Gasteiger partial charge is 0.456 e. The lowest BCUT2D eigenvalue weighted by Crippen LogP contribution is -2.33. The summed E-state index contributed by atoms with van der Waals surface area (Å²) in [6.45, 7) is 0. The van der Waals surface area contributed by atoms with Crippen LogP contribution in [0.4, 0.5) is 0 Å². The molecule has 4 nitrogen and oxygen atoms in total. The van der Waals surface area contributed by atoms with Crippen LogP contribution in [0, 0.1) is 0 Å². The van der Waals surface area contributed by atoms with Crippen LogP contribution in [0.1, 0.15) is 22.9 Å².